The third-order valence-corrected chi connectivity index (χ3v) is 11.5. The fourth-order valence-electron chi connectivity index (χ4n) is 7.67. The Bertz CT molecular complexity index is 2160. The summed E-state index contributed by atoms with van der Waals surface area (Å²) in [6.45, 7) is 12.8. The van der Waals surface area contributed by atoms with E-state index in [9.17, 15) is 10.5 Å². The highest BCUT2D eigenvalue weighted by Gasteiger charge is 2.11. The van der Waals surface area contributed by atoms with Crippen LogP contribution in [0, 0.1) is 64.2 Å². The summed E-state index contributed by atoms with van der Waals surface area (Å²) in [6, 6.07) is 44.1. The molecular weight excluding hydrogens is 641 g/mol. The van der Waals surface area contributed by atoms with E-state index >= 15 is 0 Å². The molecule has 6 aromatic carbocycles. The Morgan fingerprint density at radius 2 is 0.698 bits per heavy atom. The van der Waals surface area contributed by atoms with Gasteiger partial charge >= 0.3 is 0 Å². The maximum atomic E-state index is 9.36. The van der Waals surface area contributed by atoms with E-state index in [0.717, 1.165) is 35.1 Å². The Morgan fingerprint density at radius 3 is 1.06 bits per heavy atom. The second kappa shape index (κ2) is 16.8. The fraction of sp³-hybridized carbons (Fsp3) is 0.255. The van der Waals surface area contributed by atoms with Crippen molar-refractivity contribution in [2.45, 2.75) is 86.5 Å². The molecule has 0 saturated heterocycles. The number of nitrogens with zero attached hydrogens (tertiary/aromatic N) is 2. The van der Waals surface area contributed by atoms with Gasteiger partial charge in [-0.25, -0.2) is 0 Å². The van der Waals surface area contributed by atoms with E-state index < -0.39 is 0 Å². The van der Waals surface area contributed by atoms with Gasteiger partial charge in [-0.15, -0.1) is 0 Å². The molecule has 6 aromatic rings. The summed E-state index contributed by atoms with van der Waals surface area (Å²) in [5.74, 6) is 0. The second-order valence-corrected chi connectivity index (χ2v) is 14.7. The highest BCUT2D eigenvalue weighted by Crippen LogP contribution is 2.32. The van der Waals surface area contributed by atoms with Gasteiger partial charge in [0.2, 0.25) is 0 Å². The molecule has 2 nitrogen and oxygen atoms in total. The number of aryl methyl sites for hydroxylation is 4. The van der Waals surface area contributed by atoms with Gasteiger partial charge in [-0.3, -0.25) is 0 Å². The van der Waals surface area contributed by atoms with Crippen LogP contribution >= 0.6 is 0 Å². The Hall–Kier alpha value is -5.70. The zero-order valence-electron chi connectivity index (χ0n) is 32.2. The molecule has 0 atom stereocenters. The van der Waals surface area contributed by atoms with Crippen LogP contribution in [0.5, 0.6) is 0 Å². The maximum absolute atomic E-state index is 9.36. The van der Waals surface area contributed by atoms with E-state index in [4.69, 9.17) is 0 Å². The zero-order valence-corrected chi connectivity index (χ0v) is 32.2. The highest BCUT2D eigenvalue weighted by molar-refractivity contribution is 5.75. The molecule has 0 amide bonds. The molecule has 0 radical (unpaired) electrons. The number of hydrogen-bond donors (Lipinski definition) is 0. The molecule has 0 bridgehead atoms. The molecule has 6 rings (SSSR count). The monoisotopic (exact) mass is 690 g/mol. The lowest BCUT2D eigenvalue weighted by molar-refractivity contribution is 0.612. The summed E-state index contributed by atoms with van der Waals surface area (Å²) in [5.41, 5.74) is 21.3. The maximum Gasteiger partial charge on any atom is 0.0994 e. The molecular formula is C51H50N2. The SMILES string of the molecule is Cc1cc(-c2ccc(-c3ccc(C#N)c(C)c3C)cc2)ccc1CCCCCCCc1ccc(-c2ccc(-c3ccc(C#N)c(C)c3C)cc2)cc1C. The average Bonchev–Trinajstić information content (AvgIpc) is 3.18. The molecule has 0 N–H and O–H groups in total. The lowest BCUT2D eigenvalue weighted by Crippen LogP contribution is -1.93. The summed E-state index contributed by atoms with van der Waals surface area (Å²) >= 11 is 0. The molecule has 0 spiro atoms. The van der Waals surface area contributed by atoms with E-state index in [-0.39, 0.29) is 0 Å². The molecule has 0 aliphatic rings. The van der Waals surface area contributed by atoms with E-state index in [0.29, 0.717) is 0 Å². The molecule has 0 aromatic heterocycles. The third kappa shape index (κ3) is 8.35. The van der Waals surface area contributed by atoms with Crippen molar-refractivity contribution in [3.63, 3.8) is 0 Å². The minimum Gasteiger partial charge on any atom is -0.192 e. The molecule has 0 heterocycles. The molecule has 0 aliphatic heterocycles. The summed E-state index contributed by atoms with van der Waals surface area (Å²) < 4.78 is 0. The van der Waals surface area contributed by atoms with Gasteiger partial charge in [0, 0.05) is 0 Å². The van der Waals surface area contributed by atoms with Gasteiger partial charge in [0.15, 0.2) is 0 Å². The lowest BCUT2D eigenvalue weighted by Gasteiger charge is -2.12. The van der Waals surface area contributed by atoms with Crippen molar-refractivity contribution < 1.29 is 0 Å². The van der Waals surface area contributed by atoms with Crippen LogP contribution in [0.2, 0.25) is 0 Å². The Balaban J connectivity index is 0.948. The van der Waals surface area contributed by atoms with Crippen molar-refractivity contribution in [2.24, 2.45) is 0 Å². The number of unbranched alkanes of at least 4 members (excludes halogenated alkanes) is 4. The van der Waals surface area contributed by atoms with E-state index in [1.807, 2.05) is 26.0 Å². The van der Waals surface area contributed by atoms with Crippen LogP contribution < -0.4 is 0 Å². The van der Waals surface area contributed by atoms with Crippen molar-refractivity contribution in [2.75, 3.05) is 0 Å². The molecule has 264 valence electrons. The van der Waals surface area contributed by atoms with Crippen LogP contribution in [0.15, 0.2) is 109 Å². The van der Waals surface area contributed by atoms with Crippen LogP contribution in [-0.2, 0) is 12.8 Å². The molecule has 0 unspecified atom stereocenters. The van der Waals surface area contributed by atoms with Crippen LogP contribution in [0.3, 0.4) is 0 Å². The standard InChI is InChI=1S/C51H50N2/c1-34-30-46(42-16-20-44(21-17-42)50-28-26-48(32-52)36(3)38(50)5)24-14-40(34)12-10-8-7-9-11-13-41-15-25-47(31-35(41)2)43-18-22-45(23-19-43)51-29-27-49(33-53)37(4)39(51)6/h14-31H,7-13H2,1-6H3. The third-order valence-electron chi connectivity index (χ3n) is 11.5. The predicted octanol–water partition coefficient (Wildman–Crippen LogP) is 13.7. The molecule has 0 aliphatic carbocycles. The molecule has 0 fully saturated rings. The Morgan fingerprint density at radius 1 is 0.358 bits per heavy atom. The van der Waals surface area contributed by atoms with E-state index in [1.165, 1.54) is 110 Å². The van der Waals surface area contributed by atoms with Crippen molar-refractivity contribution in [3.8, 4) is 56.6 Å². The first kappa shape index (κ1) is 37.1. The first-order valence-corrected chi connectivity index (χ1v) is 19.1. The highest BCUT2D eigenvalue weighted by atomic mass is 14.3. The average molecular weight is 691 g/mol. The summed E-state index contributed by atoms with van der Waals surface area (Å²) in [7, 11) is 0. The molecule has 0 saturated carbocycles. The van der Waals surface area contributed by atoms with Crippen LogP contribution in [0.25, 0.3) is 44.5 Å². The van der Waals surface area contributed by atoms with Crippen molar-refractivity contribution in [1.82, 2.24) is 0 Å². The number of hydrogen-bond acceptors (Lipinski definition) is 2. The van der Waals surface area contributed by atoms with Crippen LogP contribution in [-0.4, -0.2) is 0 Å². The summed E-state index contributed by atoms with van der Waals surface area (Å²) in [5, 5.41) is 18.7. The van der Waals surface area contributed by atoms with Crippen LogP contribution in [0.1, 0.15) is 87.7 Å². The first-order valence-electron chi connectivity index (χ1n) is 19.1. The zero-order chi connectivity index (χ0) is 37.5. The van der Waals surface area contributed by atoms with Gasteiger partial charge in [-0.2, -0.15) is 10.5 Å². The van der Waals surface area contributed by atoms with Gasteiger partial charge in [0.1, 0.15) is 0 Å². The second-order valence-electron chi connectivity index (χ2n) is 14.7. The lowest BCUT2D eigenvalue weighted by atomic mass is 9.92. The molecule has 53 heavy (non-hydrogen) atoms. The van der Waals surface area contributed by atoms with Gasteiger partial charge in [0.05, 0.1) is 23.3 Å². The van der Waals surface area contributed by atoms with Gasteiger partial charge < -0.3 is 0 Å². The van der Waals surface area contributed by atoms with Gasteiger partial charge in [0.25, 0.3) is 0 Å². The summed E-state index contributed by atoms with van der Waals surface area (Å²) in [4.78, 5) is 0. The van der Waals surface area contributed by atoms with E-state index in [2.05, 4.69) is 137 Å². The van der Waals surface area contributed by atoms with Gasteiger partial charge in [-0.1, -0.05) is 116 Å². The fourth-order valence-corrected chi connectivity index (χ4v) is 7.67. The Labute approximate surface area is 317 Å². The largest absolute Gasteiger partial charge is 0.192 e. The van der Waals surface area contributed by atoms with Gasteiger partial charge in [-0.05, 0) is 168 Å². The topological polar surface area (TPSA) is 47.6 Å². The van der Waals surface area contributed by atoms with E-state index in [1.54, 1.807) is 0 Å². The predicted molar refractivity (Wildman–Crippen MR) is 223 cm³/mol. The Kier molecular flexibility index (Phi) is 11.7. The minimum absolute atomic E-state index is 0.748. The van der Waals surface area contributed by atoms with Crippen molar-refractivity contribution in [1.29, 1.82) is 10.5 Å². The normalized spacial score (nSPS) is 10.9. The first-order chi connectivity index (χ1) is 25.7. The minimum atomic E-state index is 0.748. The van der Waals surface area contributed by atoms with Crippen molar-refractivity contribution in [3.05, 3.63) is 165 Å². The smallest absolute Gasteiger partial charge is 0.0994 e. The number of rotatable bonds is 12. The van der Waals surface area contributed by atoms with Crippen LogP contribution in [0.4, 0.5) is 0 Å². The quantitative estimate of drug-likeness (QED) is 0.120. The number of benzene rings is 6. The number of nitriles is 2. The summed E-state index contributed by atoms with van der Waals surface area (Å²) in [6.07, 6.45) is 8.56. The van der Waals surface area contributed by atoms with Crippen molar-refractivity contribution >= 4 is 0 Å². The molecule has 2 heteroatoms.